The molecule has 3 rings (SSSR count). The van der Waals surface area contributed by atoms with Gasteiger partial charge in [0.1, 0.15) is 18.2 Å². The van der Waals surface area contributed by atoms with E-state index in [1.807, 2.05) is 20.8 Å². The zero-order chi connectivity index (χ0) is 25.6. The Bertz CT molecular complexity index is 1220. The lowest BCUT2D eigenvalue weighted by Crippen LogP contribution is -2.29. The third-order valence-electron chi connectivity index (χ3n) is 5.07. The number of aromatic nitrogens is 3. The van der Waals surface area contributed by atoms with Crippen molar-refractivity contribution in [2.75, 3.05) is 20.2 Å². The number of carbonyl (C=O) groups excluding carboxylic acids is 2. The predicted molar refractivity (Wildman–Crippen MR) is 127 cm³/mol. The number of amides is 2. The Morgan fingerprint density at radius 1 is 1.26 bits per heavy atom. The van der Waals surface area contributed by atoms with Crippen LogP contribution in [0.4, 0.5) is 4.39 Å². The van der Waals surface area contributed by atoms with Crippen LogP contribution in [0.15, 0.2) is 53.8 Å². The molecule has 2 aromatic heterocycles. The summed E-state index contributed by atoms with van der Waals surface area (Å²) >= 11 is 0. The monoisotopic (exact) mass is 481 g/mol. The molecular formula is C25H28FN5O4. The number of hydrogen-bond donors (Lipinski definition) is 1. The summed E-state index contributed by atoms with van der Waals surface area (Å²) in [6, 6.07) is 6.30. The molecule has 0 saturated carbocycles. The van der Waals surface area contributed by atoms with Gasteiger partial charge in [0, 0.05) is 36.3 Å². The third-order valence-corrected chi connectivity index (χ3v) is 5.07. The number of hydrogen-bond acceptors (Lipinski definition) is 7. The van der Waals surface area contributed by atoms with E-state index in [1.165, 1.54) is 23.2 Å². The highest BCUT2D eigenvalue weighted by molar-refractivity contribution is 5.90. The lowest BCUT2D eigenvalue weighted by molar-refractivity contribution is -0.125. The van der Waals surface area contributed by atoms with Crippen molar-refractivity contribution in [3.63, 3.8) is 0 Å². The number of pyridine rings is 1. The van der Waals surface area contributed by atoms with Crippen LogP contribution in [-0.2, 0) is 16.8 Å². The number of rotatable bonds is 9. The molecule has 0 aliphatic carbocycles. The molecule has 0 unspecified atom stereocenters. The summed E-state index contributed by atoms with van der Waals surface area (Å²) in [5.41, 5.74) is 1.02. The average molecular weight is 482 g/mol. The SMILES string of the molecule is C=CC(=O)N(C)CCOc1cnccc1-c1ccc(CNC(=O)c2noc(C(C)(C)C)n2)cc1F. The van der Waals surface area contributed by atoms with E-state index in [4.69, 9.17) is 9.26 Å². The van der Waals surface area contributed by atoms with Crippen LogP contribution in [0.3, 0.4) is 0 Å². The maximum absolute atomic E-state index is 15.0. The Kier molecular flexibility index (Phi) is 7.95. The summed E-state index contributed by atoms with van der Waals surface area (Å²) in [4.78, 5) is 33.6. The van der Waals surface area contributed by atoms with Crippen LogP contribution in [0.2, 0.25) is 0 Å². The average Bonchev–Trinajstić information content (AvgIpc) is 3.34. The van der Waals surface area contributed by atoms with Crippen molar-refractivity contribution in [2.45, 2.75) is 32.7 Å². The first kappa shape index (κ1) is 25.5. The van der Waals surface area contributed by atoms with E-state index in [9.17, 15) is 9.59 Å². The topological polar surface area (TPSA) is 110 Å². The van der Waals surface area contributed by atoms with Gasteiger partial charge in [-0.15, -0.1) is 0 Å². The van der Waals surface area contributed by atoms with Gasteiger partial charge < -0.3 is 19.5 Å². The van der Waals surface area contributed by atoms with Gasteiger partial charge in [-0.05, 0) is 23.8 Å². The van der Waals surface area contributed by atoms with Crippen molar-refractivity contribution in [1.82, 2.24) is 25.3 Å². The standard InChI is InChI=1S/C25H28FN5O4/c1-6-21(32)31(5)11-12-34-20-15-27-10-9-18(20)17-8-7-16(13-19(17)26)14-28-23(33)22-29-24(35-30-22)25(2,3)4/h6-10,13,15H,1,11-12,14H2,2-5H3,(H,28,33). The van der Waals surface area contributed by atoms with Gasteiger partial charge in [-0.2, -0.15) is 4.98 Å². The summed E-state index contributed by atoms with van der Waals surface area (Å²) in [5.74, 6) is -0.556. The van der Waals surface area contributed by atoms with Gasteiger partial charge in [0.05, 0.1) is 12.7 Å². The molecule has 184 valence electrons. The van der Waals surface area contributed by atoms with Crippen LogP contribution in [0.5, 0.6) is 5.75 Å². The summed E-state index contributed by atoms with van der Waals surface area (Å²) in [6.07, 6.45) is 4.26. The summed E-state index contributed by atoms with van der Waals surface area (Å²) in [7, 11) is 1.64. The van der Waals surface area contributed by atoms with E-state index in [0.29, 0.717) is 34.9 Å². The number of nitrogens with zero attached hydrogens (tertiary/aromatic N) is 4. The first-order valence-corrected chi connectivity index (χ1v) is 11.0. The lowest BCUT2D eigenvalue weighted by Gasteiger charge is -2.17. The van der Waals surface area contributed by atoms with Gasteiger partial charge in [0.25, 0.3) is 11.7 Å². The van der Waals surface area contributed by atoms with Crippen LogP contribution in [0.25, 0.3) is 11.1 Å². The Balaban J connectivity index is 1.66. The number of benzene rings is 1. The van der Waals surface area contributed by atoms with E-state index in [-0.39, 0.29) is 30.3 Å². The van der Waals surface area contributed by atoms with Gasteiger partial charge in [-0.3, -0.25) is 14.6 Å². The van der Waals surface area contributed by atoms with Crippen LogP contribution in [-0.4, -0.2) is 52.0 Å². The normalized spacial score (nSPS) is 11.1. The minimum absolute atomic E-state index is 0.0778. The van der Waals surface area contributed by atoms with Crippen molar-refractivity contribution in [3.05, 3.63) is 72.4 Å². The maximum atomic E-state index is 15.0. The predicted octanol–water partition coefficient (Wildman–Crippen LogP) is 3.52. The maximum Gasteiger partial charge on any atom is 0.292 e. The molecule has 2 amide bonds. The molecule has 1 N–H and O–H groups in total. The molecule has 3 aromatic rings. The van der Waals surface area contributed by atoms with Crippen LogP contribution in [0, 0.1) is 5.82 Å². The van der Waals surface area contributed by atoms with E-state index in [0.717, 1.165) is 0 Å². The third kappa shape index (κ3) is 6.50. The molecule has 10 heteroatoms. The summed E-state index contributed by atoms with van der Waals surface area (Å²) < 4.78 is 25.9. The second kappa shape index (κ2) is 10.9. The Morgan fingerprint density at radius 3 is 2.69 bits per heavy atom. The molecule has 0 fully saturated rings. The molecule has 0 saturated heterocycles. The number of carbonyl (C=O) groups is 2. The quantitative estimate of drug-likeness (QED) is 0.466. The van der Waals surface area contributed by atoms with E-state index in [2.05, 4.69) is 27.0 Å². The molecule has 0 radical (unpaired) electrons. The fourth-order valence-electron chi connectivity index (χ4n) is 3.04. The number of likely N-dealkylation sites (N-methyl/N-ethyl adjacent to an activating group) is 1. The van der Waals surface area contributed by atoms with E-state index in [1.54, 1.807) is 31.4 Å². The molecule has 2 heterocycles. The minimum atomic E-state index is -0.515. The second-order valence-electron chi connectivity index (χ2n) is 8.85. The molecule has 0 aliphatic heterocycles. The van der Waals surface area contributed by atoms with E-state index >= 15 is 4.39 Å². The molecule has 9 nitrogen and oxygen atoms in total. The smallest absolute Gasteiger partial charge is 0.292 e. The fourth-order valence-corrected chi connectivity index (χ4v) is 3.04. The van der Waals surface area contributed by atoms with Gasteiger partial charge in [0.2, 0.25) is 11.8 Å². The van der Waals surface area contributed by atoms with Gasteiger partial charge in [-0.25, -0.2) is 4.39 Å². The lowest BCUT2D eigenvalue weighted by atomic mass is 9.97. The summed E-state index contributed by atoms with van der Waals surface area (Å²) in [5, 5.41) is 6.37. The molecule has 1 aromatic carbocycles. The molecule has 0 atom stereocenters. The van der Waals surface area contributed by atoms with Crippen molar-refractivity contribution < 1.29 is 23.2 Å². The number of ether oxygens (including phenoxy) is 1. The minimum Gasteiger partial charge on any atom is -0.489 e. The zero-order valence-electron chi connectivity index (χ0n) is 20.2. The van der Waals surface area contributed by atoms with E-state index < -0.39 is 11.7 Å². The first-order chi connectivity index (χ1) is 16.6. The highest BCUT2D eigenvalue weighted by atomic mass is 19.1. The van der Waals surface area contributed by atoms with Crippen molar-refractivity contribution >= 4 is 11.8 Å². The van der Waals surface area contributed by atoms with Gasteiger partial charge in [-0.1, -0.05) is 44.6 Å². The zero-order valence-corrected chi connectivity index (χ0v) is 20.2. The van der Waals surface area contributed by atoms with Gasteiger partial charge >= 0.3 is 0 Å². The number of halogens is 1. The van der Waals surface area contributed by atoms with Crippen LogP contribution < -0.4 is 10.1 Å². The van der Waals surface area contributed by atoms with Crippen molar-refractivity contribution in [1.29, 1.82) is 0 Å². The Labute approximate surface area is 203 Å². The number of nitrogens with one attached hydrogen (secondary N) is 1. The van der Waals surface area contributed by atoms with Gasteiger partial charge in [0.15, 0.2) is 0 Å². The Morgan fingerprint density at radius 2 is 2.03 bits per heavy atom. The molecule has 0 bridgehead atoms. The molecule has 35 heavy (non-hydrogen) atoms. The van der Waals surface area contributed by atoms with Crippen LogP contribution in [0.1, 0.15) is 42.8 Å². The van der Waals surface area contributed by atoms with Crippen molar-refractivity contribution in [3.8, 4) is 16.9 Å². The molecule has 0 spiro atoms. The Hall–Kier alpha value is -4.08. The molecule has 0 aliphatic rings. The highest BCUT2D eigenvalue weighted by Gasteiger charge is 2.24. The first-order valence-electron chi connectivity index (χ1n) is 11.0. The van der Waals surface area contributed by atoms with Crippen molar-refractivity contribution in [2.24, 2.45) is 0 Å². The molecular weight excluding hydrogens is 453 g/mol. The second-order valence-corrected chi connectivity index (χ2v) is 8.85. The largest absolute Gasteiger partial charge is 0.489 e. The highest BCUT2D eigenvalue weighted by Crippen LogP contribution is 2.31. The van der Waals surface area contributed by atoms with Crippen LogP contribution >= 0.6 is 0 Å². The fraction of sp³-hybridized carbons (Fsp3) is 0.320. The summed E-state index contributed by atoms with van der Waals surface area (Å²) in [6.45, 7) is 9.76.